The summed E-state index contributed by atoms with van der Waals surface area (Å²) in [5.74, 6) is 0.751. The van der Waals surface area contributed by atoms with Gasteiger partial charge in [0.15, 0.2) is 0 Å². The molecule has 0 heterocycles. The molecule has 0 radical (unpaired) electrons. The predicted octanol–water partition coefficient (Wildman–Crippen LogP) is 9.14. The van der Waals surface area contributed by atoms with Gasteiger partial charge in [0.2, 0.25) is 0 Å². The molecule has 4 rings (SSSR count). The fraction of sp³-hybridized carbons (Fsp3) is 0.0769. The zero-order valence-electron chi connectivity index (χ0n) is 18.0. The van der Waals surface area contributed by atoms with E-state index in [1.165, 1.54) is 0 Å². The number of phenolic OH excluding ortho intramolecular Hbond substituents is 3. The first-order valence-electron chi connectivity index (χ1n) is 10.1. The van der Waals surface area contributed by atoms with Gasteiger partial charge in [-0.1, -0.05) is 24.3 Å². The molecule has 4 aromatic carbocycles. The average Bonchev–Trinajstić information content (AvgIpc) is 2.83. The van der Waals surface area contributed by atoms with E-state index in [-0.39, 0.29) is 11.5 Å². The van der Waals surface area contributed by atoms with E-state index < -0.39 is 5.41 Å². The third kappa shape index (κ3) is 5.54. The number of thiol groups is 1. The summed E-state index contributed by atoms with van der Waals surface area (Å²) in [4.78, 5) is 0.520. The van der Waals surface area contributed by atoms with Crippen molar-refractivity contribution >= 4 is 126 Å². The molecule has 180 valence electrons. The van der Waals surface area contributed by atoms with E-state index in [1.54, 1.807) is 0 Å². The minimum atomic E-state index is -0.574. The molecule has 1 atom stereocenters. The fourth-order valence-corrected chi connectivity index (χ4v) is 8.59. The monoisotopic (exact) mass is 1040 g/mol. The number of aromatic hydroxyl groups is 3. The average molecular weight is 1040 g/mol. The highest BCUT2D eigenvalue weighted by Crippen LogP contribution is 2.45. The van der Waals surface area contributed by atoms with Crippen molar-refractivity contribution in [2.24, 2.45) is 0 Å². The maximum Gasteiger partial charge on any atom is 0.142 e. The molecule has 35 heavy (non-hydrogen) atoms. The maximum atomic E-state index is 10.4. The summed E-state index contributed by atoms with van der Waals surface area (Å²) in [6.07, 6.45) is 0. The van der Waals surface area contributed by atoms with E-state index in [0.717, 1.165) is 45.7 Å². The van der Waals surface area contributed by atoms with E-state index in [4.69, 9.17) is 0 Å². The van der Waals surface area contributed by atoms with Crippen molar-refractivity contribution < 1.29 is 15.3 Å². The molecule has 0 saturated heterocycles. The van der Waals surface area contributed by atoms with Gasteiger partial charge in [0.05, 0.1) is 17.9 Å². The molecule has 0 aromatic heterocycles. The van der Waals surface area contributed by atoms with E-state index in [2.05, 4.69) is 157 Å². The van der Waals surface area contributed by atoms with Crippen molar-refractivity contribution in [3.05, 3.63) is 95.2 Å². The second-order valence-electron chi connectivity index (χ2n) is 8.11. The lowest BCUT2D eigenvalue weighted by atomic mass is 9.71. The molecule has 0 spiro atoms. The smallest absolute Gasteiger partial charge is 0.142 e. The molecular weight excluding hydrogens is 1030 g/mol. The molecule has 0 fully saturated rings. The Morgan fingerprint density at radius 3 is 1.40 bits per heavy atom. The molecule has 0 bridgehead atoms. The van der Waals surface area contributed by atoms with E-state index in [1.807, 2.05) is 36.4 Å². The SMILES string of the molecule is CC(c1ccc(-c2cc(I)c(O)c(I)c2)cc1)(c1cc(S)c(O)c(I)c1)c1cc(I)c(O)c(I)c1. The highest BCUT2D eigenvalue weighted by atomic mass is 127. The predicted molar refractivity (Wildman–Crippen MR) is 186 cm³/mol. The number of phenols is 3. The van der Waals surface area contributed by atoms with Crippen LogP contribution >= 0.6 is 126 Å². The molecule has 0 saturated carbocycles. The number of rotatable bonds is 4. The Kier molecular flexibility index (Phi) is 9.04. The quantitative estimate of drug-likeness (QED) is 0.0938. The molecule has 9 heteroatoms. The lowest BCUT2D eigenvalue weighted by Gasteiger charge is -2.33. The lowest BCUT2D eigenvalue weighted by Crippen LogP contribution is -2.26. The normalized spacial score (nSPS) is 13.0. The minimum Gasteiger partial charge on any atom is -0.506 e. The van der Waals surface area contributed by atoms with Crippen LogP contribution in [0.25, 0.3) is 11.1 Å². The van der Waals surface area contributed by atoms with Crippen molar-refractivity contribution in [1.29, 1.82) is 0 Å². The summed E-state index contributed by atoms with van der Waals surface area (Å²) in [5.41, 5.74) is 4.60. The van der Waals surface area contributed by atoms with Crippen LogP contribution < -0.4 is 0 Å². The Morgan fingerprint density at radius 2 is 0.943 bits per heavy atom. The van der Waals surface area contributed by atoms with Crippen LogP contribution in [0.2, 0.25) is 0 Å². The van der Waals surface area contributed by atoms with Gasteiger partial charge in [0, 0.05) is 10.3 Å². The minimum absolute atomic E-state index is 0.168. The van der Waals surface area contributed by atoms with Crippen LogP contribution in [0.5, 0.6) is 17.2 Å². The summed E-state index contributed by atoms with van der Waals surface area (Å²) in [6, 6.07) is 20.3. The highest BCUT2D eigenvalue weighted by molar-refractivity contribution is 14.1. The van der Waals surface area contributed by atoms with Crippen molar-refractivity contribution in [2.45, 2.75) is 17.2 Å². The van der Waals surface area contributed by atoms with Crippen molar-refractivity contribution in [3.63, 3.8) is 0 Å². The van der Waals surface area contributed by atoms with Crippen LogP contribution in [0.4, 0.5) is 0 Å². The third-order valence-electron chi connectivity index (χ3n) is 6.03. The Labute approximate surface area is 277 Å². The Morgan fingerprint density at radius 1 is 0.543 bits per heavy atom. The largest absolute Gasteiger partial charge is 0.506 e. The number of hydrogen-bond donors (Lipinski definition) is 4. The van der Waals surface area contributed by atoms with Gasteiger partial charge in [-0.05, 0) is 184 Å². The molecule has 0 amide bonds. The molecule has 0 aliphatic carbocycles. The number of benzene rings is 4. The Hall–Kier alpha value is 0.280. The third-order valence-corrected chi connectivity index (χ3v) is 10.5. The van der Waals surface area contributed by atoms with Gasteiger partial charge >= 0.3 is 0 Å². The highest BCUT2D eigenvalue weighted by Gasteiger charge is 2.33. The van der Waals surface area contributed by atoms with Gasteiger partial charge < -0.3 is 15.3 Å². The summed E-state index contributed by atoms with van der Waals surface area (Å²) in [7, 11) is 0. The number of halogens is 5. The Balaban J connectivity index is 1.93. The summed E-state index contributed by atoms with van der Waals surface area (Å²) >= 11 is 15.3. The van der Waals surface area contributed by atoms with Gasteiger partial charge in [-0.3, -0.25) is 0 Å². The van der Waals surface area contributed by atoms with Crippen molar-refractivity contribution in [3.8, 4) is 28.4 Å². The second-order valence-corrected chi connectivity index (χ2v) is 14.4. The first-order valence-corrected chi connectivity index (χ1v) is 16.0. The number of hydrogen-bond acceptors (Lipinski definition) is 4. The van der Waals surface area contributed by atoms with Crippen LogP contribution in [0, 0.1) is 17.9 Å². The standard InChI is InChI=1S/C26H17I5O3S/c1-26(15-8-19(29)24(33)20(30)9-15,16-10-21(31)25(34)22(35)11-16)14-4-2-12(3-5-14)13-6-17(27)23(32)18(28)7-13/h2-11,32-35H,1H3. The van der Waals surface area contributed by atoms with Crippen LogP contribution in [0.1, 0.15) is 23.6 Å². The molecule has 3 nitrogen and oxygen atoms in total. The molecule has 0 aliphatic rings. The molecule has 4 aromatic rings. The van der Waals surface area contributed by atoms with Crippen LogP contribution in [-0.4, -0.2) is 15.3 Å². The van der Waals surface area contributed by atoms with Crippen molar-refractivity contribution in [2.75, 3.05) is 0 Å². The zero-order chi connectivity index (χ0) is 25.7. The Bertz CT molecular complexity index is 1330. The van der Waals surface area contributed by atoms with Crippen LogP contribution in [0.3, 0.4) is 0 Å². The van der Waals surface area contributed by atoms with Crippen molar-refractivity contribution in [1.82, 2.24) is 0 Å². The van der Waals surface area contributed by atoms with Gasteiger partial charge in [-0.25, -0.2) is 0 Å². The van der Waals surface area contributed by atoms with Crippen LogP contribution in [-0.2, 0) is 5.41 Å². The van der Waals surface area contributed by atoms with Gasteiger partial charge in [0.1, 0.15) is 17.2 Å². The second kappa shape index (κ2) is 11.2. The summed E-state index contributed by atoms with van der Waals surface area (Å²) < 4.78 is 3.91. The topological polar surface area (TPSA) is 60.7 Å². The van der Waals surface area contributed by atoms with E-state index in [9.17, 15) is 15.3 Å². The van der Waals surface area contributed by atoms with E-state index in [0.29, 0.717) is 10.6 Å². The fourth-order valence-electron chi connectivity index (χ4n) is 3.96. The first kappa shape index (κ1) is 28.3. The van der Waals surface area contributed by atoms with E-state index >= 15 is 0 Å². The van der Waals surface area contributed by atoms with Gasteiger partial charge in [0.25, 0.3) is 0 Å². The zero-order valence-corrected chi connectivity index (χ0v) is 29.6. The summed E-state index contributed by atoms with van der Waals surface area (Å²) in [6.45, 7) is 2.16. The first-order chi connectivity index (χ1) is 16.4. The molecule has 3 N–H and O–H groups in total. The molecular formula is C26H17I5O3S. The van der Waals surface area contributed by atoms with Crippen LogP contribution in [0.15, 0.2) is 65.6 Å². The summed E-state index contributed by atoms with van der Waals surface area (Å²) in [5, 5.41) is 30.9. The van der Waals surface area contributed by atoms with Gasteiger partial charge in [-0.15, -0.1) is 12.6 Å². The van der Waals surface area contributed by atoms with Gasteiger partial charge in [-0.2, -0.15) is 0 Å². The molecule has 1 unspecified atom stereocenters. The molecule has 0 aliphatic heterocycles. The lowest BCUT2D eigenvalue weighted by molar-refractivity contribution is 0.457. The maximum absolute atomic E-state index is 10.4.